The molecule has 0 aromatic heterocycles. The fourth-order valence-corrected chi connectivity index (χ4v) is 3.43. The Balaban J connectivity index is 2.27. The van der Waals surface area contributed by atoms with E-state index in [1.807, 2.05) is 48.5 Å². The lowest BCUT2D eigenvalue weighted by molar-refractivity contribution is 0.408. The molecule has 3 heteroatoms. The normalized spacial score (nSPS) is 11.7. The number of benzene rings is 3. The zero-order valence-corrected chi connectivity index (χ0v) is 16.0. The van der Waals surface area contributed by atoms with Gasteiger partial charge in [-0.05, 0) is 52.1 Å². The van der Waals surface area contributed by atoms with Crippen molar-refractivity contribution in [2.75, 3.05) is 7.11 Å². The van der Waals surface area contributed by atoms with Gasteiger partial charge in [-0.3, -0.25) is 0 Å². The Morgan fingerprint density at radius 3 is 2.44 bits per heavy atom. The number of methoxy groups -OCH3 is 1. The molecule has 136 valence electrons. The zero-order chi connectivity index (χ0) is 19.4. The first kappa shape index (κ1) is 19.0. The Morgan fingerprint density at radius 2 is 1.78 bits per heavy atom. The number of rotatable bonds is 6. The summed E-state index contributed by atoms with van der Waals surface area (Å²) in [7, 11) is 1.64. The van der Waals surface area contributed by atoms with Crippen LogP contribution in [0.3, 0.4) is 0 Å². The van der Waals surface area contributed by atoms with Crippen LogP contribution >= 0.6 is 11.6 Å². The van der Waals surface area contributed by atoms with Gasteiger partial charge in [-0.25, -0.2) is 0 Å². The lowest BCUT2D eigenvalue weighted by Gasteiger charge is -2.17. The van der Waals surface area contributed by atoms with Crippen LogP contribution in [-0.4, -0.2) is 7.11 Å². The van der Waals surface area contributed by atoms with Gasteiger partial charge in [0, 0.05) is 10.6 Å². The fraction of sp³-hybridized carbons (Fsp3) is 0.0833. The molecule has 27 heavy (non-hydrogen) atoms. The first-order valence-corrected chi connectivity index (χ1v) is 9.04. The average Bonchev–Trinajstić information content (AvgIpc) is 2.72. The molecule has 3 aromatic carbocycles. The fourth-order valence-electron chi connectivity index (χ4n) is 3.24. The third kappa shape index (κ3) is 3.82. The Morgan fingerprint density at radius 1 is 1.00 bits per heavy atom. The van der Waals surface area contributed by atoms with Gasteiger partial charge >= 0.3 is 0 Å². The van der Waals surface area contributed by atoms with Crippen LogP contribution in [0.2, 0.25) is 5.02 Å². The Hall–Kier alpha value is -2.81. The number of halogens is 1. The number of hydrogen-bond donors (Lipinski definition) is 1. The molecular weight excluding hydrogens is 354 g/mol. The highest BCUT2D eigenvalue weighted by atomic mass is 35.5. The topological polar surface area (TPSA) is 35.2 Å². The van der Waals surface area contributed by atoms with Crippen LogP contribution in [0.25, 0.3) is 28.3 Å². The van der Waals surface area contributed by atoms with Gasteiger partial charge in [-0.2, -0.15) is 0 Å². The summed E-state index contributed by atoms with van der Waals surface area (Å²) in [6.45, 7) is 7.78. The summed E-state index contributed by atoms with van der Waals surface area (Å²) in [5.41, 5.74) is 12.4. The third-order valence-corrected chi connectivity index (χ3v) is 4.82. The second-order valence-corrected chi connectivity index (χ2v) is 6.64. The smallest absolute Gasteiger partial charge is 0.123 e. The predicted octanol–water partition coefficient (Wildman–Crippen LogP) is 6.51. The molecule has 0 bridgehead atoms. The molecule has 1 unspecified atom stereocenters. The van der Waals surface area contributed by atoms with Crippen LogP contribution in [0.5, 0.6) is 5.75 Å². The molecule has 1 atom stereocenters. The summed E-state index contributed by atoms with van der Waals surface area (Å²) in [6.07, 6.45) is 3.57. The van der Waals surface area contributed by atoms with Crippen LogP contribution in [-0.2, 0) is 0 Å². The van der Waals surface area contributed by atoms with Gasteiger partial charge < -0.3 is 10.5 Å². The SMILES string of the molecule is C=Cc1cccc(-c2ccc(OC)c(C(N)C=C)c2)c1-c1cccc(Cl)c1. The molecule has 3 rings (SSSR count). The quantitative estimate of drug-likeness (QED) is 0.498. The highest BCUT2D eigenvalue weighted by Crippen LogP contribution is 2.38. The summed E-state index contributed by atoms with van der Waals surface area (Å²) in [5.74, 6) is 0.746. The van der Waals surface area contributed by atoms with Crippen molar-refractivity contribution in [1.82, 2.24) is 0 Å². The van der Waals surface area contributed by atoms with Crippen LogP contribution in [0.15, 0.2) is 79.9 Å². The second kappa shape index (κ2) is 8.26. The van der Waals surface area contributed by atoms with Gasteiger partial charge in [0.05, 0.1) is 13.2 Å². The number of ether oxygens (including phenoxy) is 1. The molecule has 0 amide bonds. The van der Waals surface area contributed by atoms with Crippen LogP contribution in [0.1, 0.15) is 17.2 Å². The first-order chi connectivity index (χ1) is 13.1. The van der Waals surface area contributed by atoms with E-state index in [1.54, 1.807) is 13.2 Å². The molecule has 0 radical (unpaired) electrons. The Kier molecular flexibility index (Phi) is 5.80. The Bertz CT molecular complexity index is 993. The monoisotopic (exact) mass is 375 g/mol. The van der Waals surface area contributed by atoms with Crippen molar-refractivity contribution < 1.29 is 4.74 Å². The van der Waals surface area contributed by atoms with Crippen LogP contribution < -0.4 is 10.5 Å². The van der Waals surface area contributed by atoms with E-state index in [9.17, 15) is 0 Å². The molecule has 0 saturated carbocycles. The second-order valence-electron chi connectivity index (χ2n) is 6.20. The van der Waals surface area contributed by atoms with Crippen molar-refractivity contribution >= 4 is 17.7 Å². The van der Waals surface area contributed by atoms with Crippen molar-refractivity contribution in [3.05, 3.63) is 96.0 Å². The standard InChI is InChI=1S/C24H22ClNO/c1-4-16-8-7-11-20(24(16)18-9-6-10-19(25)14-18)17-12-13-23(27-3)21(15-17)22(26)5-2/h4-15,22H,1-2,26H2,3H3. The summed E-state index contributed by atoms with van der Waals surface area (Å²) < 4.78 is 5.47. The van der Waals surface area contributed by atoms with Crippen molar-refractivity contribution in [3.8, 4) is 28.0 Å². The lowest BCUT2D eigenvalue weighted by Crippen LogP contribution is -2.08. The number of hydrogen-bond acceptors (Lipinski definition) is 2. The van der Waals surface area contributed by atoms with Gasteiger partial charge in [0.15, 0.2) is 0 Å². The summed E-state index contributed by atoms with van der Waals surface area (Å²) in [4.78, 5) is 0. The van der Waals surface area contributed by atoms with E-state index >= 15 is 0 Å². The Labute approximate surface area is 165 Å². The van der Waals surface area contributed by atoms with E-state index in [0.717, 1.165) is 39.1 Å². The van der Waals surface area contributed by atoms with Gasteiger partial charge in [0.1, 0.15) is 5.75 Å². The highest BCUT2D eigenvalue weighted by Gasteiger charge is 2.15. The minimum atomic E-state index is -0.308. The van der Waals surface area contributed by atoms with Gasteiger partial charge in [0.2, 0.25) is 0 Å². The van der Waals surface area contributed by atoms with E-state index in [-0.39, 0.29) is 6.04 Å². The van der Waals surface area contributed by atoms with Crippen LogP contribution in [0, 0.1) is 0 Å². The van der Waals surface area contributed by atoms with Crippen molar-refractivity contribution in [3.63, 3.8) is 0 Å². The first-order valence-electron chi connectivity index (χ1n) is 8.67. The zero-order valence-electron chi connectivity index (χ0n) is 15.3. The van der Waals surface area contributed by atoms with E-state index in [4.69, 9.17) is 22.1 Å². The summed E-state index contributed by atoms with van der Waals surface area (Å²) >= 11 is 6.24. The molecule has 0 aliphatic rings. The molecule has 0 fully saturated rings. The summed E-state index contributed by atoms with van der Waals surface area (Å²) in [5, 5.41) is 0.696. The molecule has 0 saturated heterocycles. The minimum absolute atomic E-state index is 0.308. The summed E-state index contributed by atoms with van der Waals surface area (Å²) in [6, 6.07) is 19.7. The average molecular weight is 376 g/mol. The van der Waals surface area contributed by atoms with Gasteiger partial charge in [-0.15, -0.1) is 6.58 Å². The van der Waals surface area contributed by atoms with Crippen LogP contribution in [0.4, 0.5) is 0 Å². The maximum Gasteiger partial charge on any atom is 0.123 e. The maximum atomic E-state index is 6.24. The maximum absolute atomic E-state index is 6.24. The molecule has 0 spiro atoms. The van der Waals surface area contributed by atoms with Gasteiger partial charge in [-0.1, -0.05) is 66.7 Å². The van der Waals surface area contributed by atoms with Crippen molar-refractivity contribution in [2.24, 2.45) is 5.73 Å². The molecule has 2 nitrogen and oxygen atoms in total. The lowest BCUT2D eigenvalue weighted by atomic mass is 9.89. The minimum Gasteiger partial charge on any atom is -0.496 e. The predicted molar refractivity (Wildman–Crippen MR) is 116 cm³/mol. The molecule has 0 aliphatic carbocycles. The molecule has 2 N–H and O–H groups in total. The van der Waals surface area contributed by atoms with E-state index in [1.165, 1.54) is 0 Å². The van der Waals surface area contributed by atoms with Crippen molar-refractivity contribution in [2.45, 2.75) is 6.04 Å². The van der Waals surface area contributed by atoms with E-state index in [2.05, 4.69) is 31.4 Å². The number of nitrogens with two attached hydrogens (primary N) is 1. The van der Waals surface area contributed by atoms with E-state index < -0.39 is 0 Å². The van der Waals surface area contributed by atoms with E-state index in [0.29, 0.717) is 5.02 Å². The molecule has 0 aliphatic heterocycles. The molecule has 0 heterocycles. The third-order valence-electron chi connectivity index (χ3n) is 4.58. The van der Waals surface area contributed by atoms with Crippen molar-refractivity contribution in [1.29, 1.82) is 0 Å². The molecule has 3 aromatic rings. The van der Waals surface area contributed by atoms with Gasteiger partial charge in [0.25, 0.3) is 0 Å². The largest absolute Gasteiger partial charge is 0.496 e. The molecular formula is C24H22ClNO. The highest BCUT2D eigenvalue weighted by molar-refractivity contribution is 6.30.